The van der Waals surface area contributed by atoms with E-state index >= 15 is 0 Å². The zero-order valence-electron chi connectivity index (χ0n) is 8.66. The van der Waals surface area contributed by atoms with Crippen LogP contribution in [0, 0.1) is 0 Å². The highest BCUT2D eigenvalue weighted by molar-refractivity contribution is 8.00. The van der Waals surface area contributed by atoms with Gasteiger partial charge in [-0.05, 0) is 17.2 Å². The first-order valence-electron chi connectivity index (χ1n) is 4.88. The van der Waals surface area contributed by atoms with E-state index in [0.29, 0.717) is 0 Å². The summed E-state index contributed by atoms with van der Waals surface area (Å²) in [5.74, 6) is 0. The maximum absolute atomic E-state index is 2.30. The van der Waals surface area contributed by atoms with Crippen LogP contribution < -0.4 is 0 Å². The van der Waals surface area contributed by atoms with E-state index in [1.165, 1.54) is 12.0 Å². The fraction of sp³-hybridized carbons (Fsp3) is 0.500. The summed E-state index contributed by atoms with van der Waals surface area (Å²) in [7, 11) is 0. The first-order chi connectivity index (χ1) is 6.18. The molecule has 0 amide bonds. The van der Waals surface area contributed by atoms with Gasteiger partial charge in [0, 0.05) is 5.25 Å². The smallest absolute Gasteiger partial charge is 0.00616 e. The molecule has 72 valence electrons. The standard InChI is InChI=1S/C12H18S/c1-10(2)13-11(3)9-12-7-5-4-6-8-12/h4-8,10-11H,9H2,1-3H3. The molecule has 1 heteroatoms. The third-order valence-corrected chi connectivity index (χ3v) is 3.05. The van der Waals surface area contributed by atoms with Gasteiger partial charge in [-0.2, -0.15) is 11.8 Å². The highest BCUT2D eigenvalue weighted by atomic mass is 32.2. The highest BCUT2D eigenvalue weighted by Crippen LogP contribution is 2.20. The maximum atomic E-state index is 2.30. The minimum Gasteiger partial charge on any atom is -0.156 e. The molecule has 1 rings (SSSR count). The van der Waals surface area contributed by atoms with Crippen LogP contribution >= 0.6 is 11.8 Å². The molecule has 1 atom stereocenters. The zero-order chi connectivity index (χ0) is 9.68. The van der Waals surface area contributed by atoms with Gasteiger partial charge in [-0.3, -0.25) is 0 Å². The van der Waals surface area contributed by atoms with Crippen molar-refractivity contribution in [3.05, 3.63) is 35.9 Å². The quantitative estimate of drug-likeness (QED) is 0.703. The second kappa shape index (κ2) is 5.33. The largest absolute Gasteiger partial charge is 0.156 e. The van der Waals surface area contributed by atoms with Gasteiger partial charge in [0.25, 0.3) is 0 Å². The molecule has 1 unspecified atom stereocenters. The van der Waals surface area contributed by atoms with Gasteiger partial charge >= 0.3 is 0 Å². The van der Waals surface area contributed by atoms with Crippen molar-refractivity contribution in [2.45, 2.75) is 37.7 Å². The van der Waals surface area contributed by atoms with Crippen LogP contribution in [0.25, 0.3) is 0 Å². The molecule has 0 radical (unpaired) electrons. The van der Waals surface area contributed by atoms with Crippen molar-refractivity contribution in [3.8, 4) is 0 Å². The Morgan fingerprint density at radius 2 is 1.69 bits per heavy atom. The molecule has 0 nitrogen and oxygen atoms in total. The van der Waals surface area contributed by atoms with Crippen LogP contribution in [-0.2, 0) is 6.42 Å². The molecule has 0 aliphatic rings. The fourth-order valence-corrected chi connectivity index (χ4v) is 2.68. The molecule has 0 heterocycles. The second-order valence-corrected chi connectivity index (χ2v) is 5.70. The van der Waals surface area contributed by atoms with Gasteiger partial charge in [0.1, 0.15) is 0 Å². The van der Waals surface area contributed by atoms with Gasteiger partial charge in [-0.1, -0.05) is 51.1 Å². The molecular weight excluding hydrogens is 176 g/mol. The minimum atomic E-state index is 0.724. The molecule has 0 bridgehead atoms. The summed E-state index contributed by atoms with van der Waals surface area (Å²) in [4.78, 5) is 0. The number of rotatable bonds is 4. The monoisotopic (exact) mass is 194 g/mol. The average molecular weight is 194 g/mol. The van der Waals surface area contributed by atoms with Crippen LogP contribution in [0.2, 0.25) is 0 Å². The Hall–Kier alpha value is -0.430. The van der Waals surface area contributed by atoms with Gasteiger partial charge in [-0.15, -0.1) is 0 Å². The van der Waals surface area contributed by atoms with Crippen LogP contribution in [0.3, 0.4) is 0 Å². The topological polar surface area (TPSA) is 0 Å². The van der Waals surface area contributed by atoms with Crippen LogP contribution in [0.15, 0.2) is 30.3 Å². The molecule has 0 spiro atoms. The van der Waals surface area contributed by atoms with Crippen LogP contribution in [-0.4, -0.2) is 10.5 Å². The lowest BCUT2D eigenvalue weighted by atomic mass is 10.1. The molecule has 0 aromatic heterocycles. The molecular formula is C12H18S. The SMILES string of the molecule is CC(C)SC(C)Cc1ccccc1. The summed E-state index contributed by atoms with van der Waals surface area (Å²) < 4.78 is 0. The van der Waals surface area contributed by atoms with Crippen molar-refractivity contribution in [1.29, 1.82) is 0 Å². The van der Waals surface area contributed by atoms with Crippen LogP contribution in [0.1, 0.15) is 26.3 Å². The predicted octanol–water partition coefficient (Wildman–Crippen LogP) is 3.76. The molecule has 0 saturated heterocycles. The first kappa shape index (κ1) is 10.6. The summed E-state index contributed by atoms with van der Waals surface area (Å²) in [5.41, 5.74) is 1.45. The fourth-order valence-electron chi connectivity index (χ4n) is 1.46. The van der Waals surface area contributed by atoms with E-state index < -0.39 is 0 Å². The van der Waals surface area contributed by atoms with Gasteiger partial charge in [0.05, 0.1) is 0 Å². The second-order valence-electron chi connectivity index (χ2n) is 3.69. The van der Waals surface area contributed by atoms with E-state index in [1.54, 1.807) is 0 Å². The number of hydrogen-bond donors (Lipinski definition) is 0. The Morgan fingerprint density at radius 1 is 1.08 bits per heavy atom. The molecule has 1 aromatic rings. The number of hydrogen-bond acceptors (Lipinski definition) is 1. The lowest BCUT2D eigenvalue weighted by molar-refractivity contribution is 0.929. The lowest BCUT2D eigenvalue weighted by Gasteiger charge is -2.13. The molecule has 0 N–H and O–H groups in total. The molecule has 0 aliphatic heterocycles. The summed E-state index contributed by atoms with van der Waals surface area (Å²) in [6, 6.07) is 10.7. The van der Waals surface area contributed by atoms with E-state index in [1.807, 2.05) is 11.8 Å². The third-order valence-electron chi connectivity index (χ3n) is 1.87. The molecule has 0 aliphatic carbocycles. The summed E-state index contributed by atoms with van der Waals surface area (Å²) in [5, 5.41) is 1.46. The Labute approximate surface area is 85.7 Å². The van der Waals surface area contributed by atoms with Crippen molar-refractivity contribution in [1.82, 2.24) is 0 Å². The van der Waals surface area contributed by atoms with E-state index in [0.717, 1.165) is 10.5 Å². The maximum Gasteiger partial charge on any atom is 0.00616 e. The number of benzene rings is 1. The van der Waals surface area contributed by atoms with Crippen molar-refractivity contribution < 1.29 is 0 Å². The van der Waals surface area contributed by atoms with Crippen molar-refractivity contribution in [2.75, 3.05) is 0 Å². The van der Waals surface area contributed by atoms with Crippen molar-refractivity contribution in [2.24, 2.45) is 0 Å². The van der Waals surface area contributed by atoms with E-state index in [2.05, 4.69) is 51.1 Å². The Balaban J connectivity index is 2.41. The summed E-state index contributed by atoms with van der Waals surface area (Å²) in [6.45, 7) is 6.82. The zero-order valence-corrected chi connectivity index (χ0v) is 9.47. The molecule has 13 heavy (non-hydrogen) atoms. The average Bonchev–Trinajstić information content (AvgIpc) is 2.04. The lowest BCUT2D eigenvalue weighted by Crippen LogP contribution is -2.05. The first-order valence-corrected chi connectivity index (χ1v) is 5.82. The molecule has 0 fully saturated rings. The van der Waals surface area contributed by atoms with Crippen LogP contribution in [0.5, 0.6) is 0 Å². The van der Waals surface area contributed by atoms with Gasteiger partial charge in [-0.25, -0.2) is 0 Å². The molecule has 1 aromatic carbocycles. The van der Waals surface area contributed by atoms with E-state index in [9.17, 15) is 0 Å². The Bertz CT molecular complexity index is 228. The van der Waals surface area contributed by atoms with E-state index in [-0.39, 0.29) is 0 Å². The highest BCUT2D eigenvalue weighted by Gasteiger charge is 2.05. The van der Waals surface area contributed by atoms with Crippen LogP contribution in [0.4, 0.5) is 0 Å². The molecule has 0 saturated carbocycles. The summed E-state index contributed by atoms with van der Waals surface area (Å²) >= 11 is 2.05. The number of thioether (sulfide) groups is 1. The predicted molar refractivity (Wildman–Crippen MR) is 62.3 cm³/mol. The van der Waals surface area contributed by atoms with Gasteiger partial charge in [0.15, 0.2) is 0 Å². The third kappa shape index (κ3) is 4.37. The minimum absolute atomic E-state index is 0.724. The van der Waals surface area contributed by atoms with Gasteiger partial charge in [0.2, 0.25) is 0 Å². The van der Waals surface area contributed by atoms with Gasteiger partial charge < -0.3 is 0 Å². The van der Waals surface area contributed by atoms with Crippen molar-refractivity contribution >= 4 is 11.8 Å². The Kier molecular flexibility index (Phi) is 4.37. The van der Waals surface area contributed by atoms with E-state index in [4.69, 9.17) is 0 Å². The normalized spacial score (nSPS) is 13.2. The van der Waals surface area contributed by atoms with Crippen molar-refractivity contribution in [3.63, 3.8) is 0 Å². The Morgan fingerprint density at radius 3 is 2.23 bits per heavy atom. The summed E-state index contributed by atoms with van der Waals surface area (Å²) in [6.07, 6.45) is 1.18.